The predicted octanol–water partition coefficient (Wildman–Crippen LogP) is 1.64. The van der Waals surface area contributed by atoms with Crippen molar-refractivity contribution in [2.75, 3.05) is 31.7 Å². The average molecular weight is 279 g/mol. The molecule has 6 heteroatoms. The van der Waals surface area contributed by atoms with Gasteiger partial charge < -0.3 is 14.4 Å². The number of aryl methyl sites for hydroxylation is 1. The Labute approximate surface area is 119 Å². The van der Waals surface area contributed by atoms with Gasteiger partial charge >= 0.3 is 5.97 Å². The highest BCUT2D eigenvalue weighted by Crippen LogP contribution is 2.23. The number of methoxy groups -OCH3 is 1. The van der Waals surface area contributed by atoms with E-state index in [1.165, 1.54) is 13.5 Å². The molecule has 20 heavy (non-hydrogen) atoms. The molecule has 0 aromatic carbocycles. The third kappa shape index (κ3) is 3.37. The van der Waals surface area contributed by atoms with Gasteiger partial charge in [-0.15, -0.1) is 0 Å². The first-order valence-electron chi connectivity index (χ1n) is 6.91. The van der Waals surface area contributed by atoms with E-state index in [0.29, 0.717) is 11.8 Å². The second kappa shape index (κ2) is 6.54. The number of rotatable bonds is 4. The number of esters is 1. The van der Waals surface area contributed by atoms with E-state index in [9.17, 15) is 4.79 Å². The monoisotopic (exact) mass is 279 g/mol. The third-order valence-corrected chi connectivity index (χ3v) is 3.53. The molecule has 2 heterocycles. The lowest BCUT2D eigenvalue weighted by molar-refractivity contribution is -0.143. The van der Waals surface area contributed by atoms with E-state index in [1.807, 2.05) is 13.8 Å². The Morgan fingerprint density at radius 1 is 1.20 bits per heavy atom. The molecule has 0 N–H and O–H groups in total. The van der Waals surface area contributed by atoms with Crippen LogP contribution in [0.1, 0.15) is 30.5 Å². The van der Waals surface area contributed by atoms with Crippen molar-refractivity contribution in [3.05, 3.63) is 11.3 Å². The summed E-state index contributed by atoms with van der Waals surface area (Å²) in [6.45, 7) is 5.63. The molecule has 0 aliphatic carbocycles. The first kappa shape index (κ1) is 14.6. The van der Waals surface area contributed by atoms with Gasteiger partial charge in [0, 0.05) is 24.3 Å². The van der Waals surface area contributed by atoms with Gasteiger partial charge in [-0.3, -0.25) is 0 Å². The Kier molecular flexibility index (Phi) is 4.76. The number of aromatic nitrogens is 2. The minimum absolute atomic E-state index is 0.132. The molecule has 110 valence electrons. The first-order valence-corrected chi connectivity index (χ1v) is 6.91. The van der Waals surface area contributed by atoms with Gasteiger partial charge in [-0.1, -0.05) is 0 Å². The highest BCUT2D eigenvalue weighted by molar-refractivity contribution is 5.70. The number of hydrogen-bond donors (Lipinski definition) is 0. The summed E-state index contributed by atoms with van der Waals surface area (Å²) in [5.41, 5.74) is 1.73. The quantitative estimate of drug-likeness (QED) is 0.781. The van der Waals surface area contributed by atoms with Crippen LogP contribution in [0.25, 0.3) is 0 Å². The van der Waals surface area contributed by atoms with Crippen molar-refractivity contribution in [3.8, 4) is 5.88 Å². The van der Waals surface area contributed by atoms with Crippen molar-refractivity contribution in [1.29, 1.82) is 0 Å². The Bertz CT molecular complexity index is 485. The van der Waals surface area contributed by atoms with Crippen LogP contribution in [0.15, 0.2) is 0 Å². The molecular weight excluding hydrogens is 258 g/mol. The van der Waals surface area contributed by atoms with Crippen LogP contribution in [0.5, 0.6) is 5.88 Å². The van der Waals surface area contributed by atoms with Crippen LogP contribution >= 0.6 is 0 Å². The van der Waals surface area contributed by atoms with Gasteiger partial charge in [0.05, 0.1) is 7.11 Å². The van der Waals surface area contributed by atoms with E-state index in [4.69, 9.17) is 4.74 Å². The fourth-order valence-electron chi connectivity index (χ4n) is 2.15. The number of hydrogen-bond acceptors (Lipinski definition) is 6. The topological polar surface area (TPSA) is 64.6 Å². The lowest BCUT2D eigenvalue weighted by Gasteiger charge is -2.27. The van der Waals surface area contributed by atoms with E-state index >= 15 is 0 Å². The molecule has 1 aliphatic heterocycles. The van der Waals surface area contributed by atoms with Gasteiger partial charge in [0.15, 0.2) is 6.61 Å². The number of anilines is 1. The van der Waals surface area contributed by atoms with Crippen LogP contribution < -0.4 is 9.64 Å². The molecule has 0 unspecified atom stereocenters. The molecule has 1 aromatic rings. The van der Waals surface area contributed by atoms with Crippen molar-refractivity contribution in [3.63, 3.8) is 0 Å². The molecule has 0 amide bonds. The van der Waals surface area contributed by atoms with E-state index in [0.717, 1.165) is 37.2 Å². The largest absolute Gasteiger partial charge is 0.466 e. The zero-order valence-electron chi connectivity index (χ0n) is 12.3. The Balaban J connectivity index is 2.17. The normalized spacial score (nSPS) is 15.1. The van der Waals surface area contributed by atoms with E-state index < -0.39 is 5.97 Å². The first-order chi connectivity index (χ1) is 9.61. The zero-order valence-corrected chi connectivity index (χ0v) is 12.3. The number of nitrogens with zero attached hydrogens (tertiary/aromatic N) is 3. The summed E-state index contributed by atoms with van der Waals surface area (Å²) < 4.78 is 10.0. The highest BCUT2D eigenvalue weighted by Gasteiger charge is 2.17. The molecule has 0 atom stereocenters. The molecule has 0 spiro atoms. The SMILES string of the molecule is COC(=O)COc1nc(N2CCCCC2)nc(C)c1C. The van der Waals surface area contributed by atoms with Crippen LogP contribution in [0.3, 0.4) is 0 Å². The highest BCUT2D eigenvalue weighted by atomic mass is 16.6. The second-order valence-corrected chi connectivity index (χ2v) is 4.95. The summed E-state index contributed by atoms with van der Waals surface area (Å²) in [7, 11) is 1.34. The Morgan fingerprint density at radius 2 is 1.90 bits per heavy atom. The van der Waals surface area contributed by atoms with Gasteiger partial charge in [-0.05, 0) is 33.1 Å². The van der Waals surface area contributed by atoms with Crippen LogP contribution in [0.2, 0.25) is 0 Å². The summed E-state index contributed by atoms with van der Waals surface area (Å²) in [5.74, 6) is 0.733. The number of piperidine rings is 1. The van der Waals surface area contributed by atoms with Crippen LogP contribution in [0, 0.1) is 13.8 Å². The van der Waals surface area contributed by atoms with Crippen LogP contribution in [-0.2, 0) is 9.53 Å². The van der Waals surface area contributed by atoms with Crippen molar-refractivity contribution in [2.45, 2.75) is 33.1 Å². The fourth-order valence-corrected chi connectivity index (χ4v) is 2.15. The molecule has 1 aliphatic rings. The van der Waals surface area contributed by atoms with Gasteiger partial charge in [0.2, 0.25) is 11.8 Å². The minimum Gasteiger partial charge on any atom is -0.466 e. The van der Waals surface area contributed by atoms with Crippen molar-refractivity contribution < 1.29 is 14.3 Å². The molecule has 0 radical (unpaired) electrons. The Morgan fingerprint density at radius 3 is 2.55 bits per heavy atom. The molecule has 0 bridgehead atoms. The number of carbonyl (C=O) groups is 1. The van der Waals surface area contributed by atoms with Gasteiger partial charge in [0.1, 0.15) is 0 Å². The standard InChI is InChI=1S/C14H21N3O3/c1-10-11(2)15-14(17-7-5-4-6-8-17)16-13(10)20-9-12(18)19-3/h4-9H2,1-3H3. The number of ether oxygens (including phenoxy) is 2. The minimum atomic E-state index is -0.416. The zero-order chi connectivity index (χ0) is 14.5. The van der Waals surface area contributed by atoms with E-state index in [-0.39, 0.29) is 6.61 Å². The third-order valence-electron chi connectivity index (χ3n) is 3.53. The summed E-state index contributed by atoms with van der Waals surface area (Å²) in [6.07, 6.45) is 3.58. The predicted molar refractivity (Wildman–Crippen MR) is 75.1 cm³/mol. The van der Waals surface area contributed by atoms with Crippen molar-refractivity contribution >= 4 is 11.9 Å². The lowest BCUT2D eigenvalue weighted by Crippen LogP contribution is -2.31. The summed E-state index contributed by atoms with van der Waals surface area (Å²) >= 11 is 0. The summed E-state index contributed by atoms with van der Waals surface area (Å²) in [5, 5.41) is 0. The van der Waals surface area contributed by atoms with Crippen molar-refractivity contribution in [2.24, 2.45) is 0 Å². The molecule has 2 rings (SSSR count). The van der Waals surface area contributed by atoms with Crippen LogP contribution in [-0.4, -0.2) is 42.7 Å². The summed E-state index contributed by atoms with van der Waals surface area (Å²) in [4.78, 5) is 22.3. The molecule has 1 aromatic heterocycles. The average Bonchev–Trinajstić information content (AvgIpc) is 2.49. The maximum Gasteiger partial charge on any atom is 0.343 e. The smallest absolute Gasteiger partial charge is 0.343 e. The van der Waals surface area contributed by atoms with E-state index in [1.54, 1.807) is 0 Å². The van der Waals surface area contributed by atoms with Gasteiger partial charge in [-0.25, -0.2) is 9.78 Å². The lowest BCUT2D eigenvalue weighted by atomic mass is 10.1. The molecule has 6 nitrogen and oxygen atoms in total. The van der Waals surface area contributed by atoms with Crippen molar-refractivity contribution in [1.82, 2.24) is 9.97 Å². The second-order valence-electron chi connectivity index (χ2n) is 4.95. The van der Waals surface area contributed by atoms with Gasteiger partial charge in [0.25, 0.3) is 0 Å². The molecule has 1 saturated heterocycles. The van der Waals surface area contributed by atoms with Gasteiger partial charge in [-0.2, -0.15) is 4.98 Å². The maximum atomic E-state index is 11.2. The van der Waals surface area contributed by atoms with Crippen LogP contribution in [0.4, 0.5) is 5.95 Å². The molecule has 1 fully saturated rings. The molecule has 0 saturated carbocycles. The Hall–Kier alpha value is -1.85. The van der Waals surface area contributed by atoms with E-state index in [2.05, 4.69) is 19.6 Å². The molecular formula is C14H21N3O3. The number of carbonyl (C=O) groups excluding carboxylic acids is 1. The summed E-state index contributed by atoms with van der Waals surface area (Å²) in [6, 6.07) is 0. The fraction of sp³-hybridized carbons (Fsp3) is 0.643. The maximum absolute atomic E-state index is 11.2.